The van der Waals surface area contributed by atoms with Crippen LogP contribution in [-0.4, -0.2) is 26.0 Å². The van der Waals surface area contributed by atoms with Gasteiger partial charge in [0.05, 0.1) is 11.4 Å². The van der Waals surface area contributed by atoms with Crippen LogP contribution >= 0.6 is 11.8 Å². The minimum absolute atomic E-state index is 0.139. The average molecular weight is 307 g/mol. The van der Waals surface area contributed by atoms with E-state index in [1.54, 1.807) is 6.92 Å². The number of thioether (sulfide) groups is 1. The van der Waals surface area contributed by atoms with E-state index >= 15 is 0 Å². The van der Waals surface area contributed by atoms with E-state index in [4.69, 9.17) is 4.42 Å². The molecule has 0 aromatic carbocycles. The van der Waals surface area contributed by atoms with Gasteiger partial charge in [0.15, 0.2) is 6.39 Å². The van der Waals surface area contributed by atoms with E-state index in [9.17, 15) is 9.90 Å². The molecule has 0 aliphatic rings. The third-order valence-corrected chi connectivity index (χ3v) is 3.98. The number of hydrogen-bond acceptors (Lipinski definition) is 6. The van der Waals surface area contributed by atoms with Crippen molar-refractivity contribution in [1.29, 1.82) is 0 Å². The van der Waals surface area contributed by atoms with Gasteiger partial charge in [-0.05, 0) is 13.8 Å². The first kappa shape index (κ1) is 15.5. The molecule has 0 saturated heterocycles. The van der Waals surface area contributed by atoms with Gasteiger partial charge in [0.25, 0.3) is 0 Å². The maximum absolute atomic E-state index is 11.4. The zero-order valence-corrected chi connectivity index (χ0v) is 13.2. The number of oxazole rings is 1. The van der Waals surface area contributed by atoms with Crippen LogP contribution in [0, 0.1) is 13.8 Å². The van der Waals surface area contributed by atoms with Gasteiger partial charge in [-0.2, -0.15) is 0 Å². The summed E-state index contributed by atoms with van der Waals surface area (Å²) in [7, 11) is 0. The topological polar surface area (TPSA) is 89.1 Å². The fourth-order valence-corrected chi connectivity index (χ4v) is 2.87. The Morgan fingerprint density at radius 3 is 2.62 bits per heavy atom. The van der Waals surface area contributed by atoms with E-state index in [-0.39, 0.29) is 11.5 Å². The molecule has 6 nitrogen and oxygen atoms in total. The van der Waals surface area contributed by atoms with Crippen molar-refractivity contribution < 1.29 is 14.3 Å². The third kappa shape index (κ3) is 3.41. The molecule has 0 bridgehead atoms. The van der Waals surface area contributed by atoms with Gasteiger partial charge < -0.3 is 9.52 Å². The van der Waals surface area contributed by atoms with E-state index in [2.05, 4.69) is 15.0 Å². The normalized spacial score (nSPS) is 11.1. The molecule has 7 heteroatoms. The van der Waals surface area contributed by atoms with Gasteiger partial charge >= 0.3 is 5.97 Å². The number of carboxylic acid groups (broad SMARTS) is 1. The predicted molar refractivity (Wildman–Crippen MR) is 78.6 cm³/mol. The lowest BCUT2D eigenvalue weighted by atomic mass is 10.2. The lowest BCUT2D eigenvalue weighted by Gasteiger charge is -2.11. The molecule has 2 heterocycles. The molecule has 0 amide bonds. The molecule has 0 saturated carbocycles. The van der Waals surface area contributed by atoms with Crippen LogP contribution in [0.1, 0.15) is 53.1 Å². The summed E-state index contributed by atoms with van der Waals surface area (Å²) in [5.41, 5.74) is 1.44. The van der Waals surface area contributed by atoms with Crippen molar-refractivity contribution in [1.82, 2.24) is 15.0 Å². The monoisotopic (exact) mass is 307 g/mol. The van der Waals surface area contributed by atoms with E-state index < -0.39 is 5.97 Å². The van der Waals surface area contributed by atoms with Crippen LogP contribution in [0.5, 0.6) is 0 Å². The summed E-state index contributed by atoms with van der Waals surface area (Å²) in [5, 5.41) is 9.83. The zero-order chi connectivity index (χ0) is 15.6. The molecule has 0 aliphatic carbocycles. The fourth-order valence-electron chi connectivity index (χ4n) is 1.78. The Labute approximate surface area is 127 Å². The molecule has 112 valence electrons. The molecule has 2 aromatic rings. The lowest BCUT2D eigenvalue weighted by Crippen LogP contribution is -2.10. The van der Waals surface area contributed by atoms with Crippen LogP contribution in [0.25, 0.3) is 0 Å². The average Bonchev–Trinajstić information content (AvgIpc) is 2.80. The second kappa shape index (κ2) is 6.26. The van der Waals surface area contributed by atoms with Crippen molar-refractivity contribution in [2.24, 2.45) is 0 Å². The molecule has 0 radical (unpaired) electrons. The summed E-state index contributed by atoms with van der Waals surface area (Å²) < 4.78 is 5.14. The Balaban J connectivity index is 2.35. The van der Waals surface area contributed by atoms with Crippen LogP contribution < -0.4 is 0 Å². The quantitative estimate of drug-likeness (QED) is 0.670. The molecular weight excluding hydrogens is 290 g/mol. The summed E-state index contributed by atoms with van der Waals surface area (Å²) in [4.78, 5) is 24.2. The highest BCUT2D eigenvalue weighted by Crippen LogP contribution is 2.28. The maximum Gasteiger partial charge on any atom is 0.340 e. The van der Waals surface area contributed by atoms with Crippen molar-refractivity contribution in [3.05, 3.63) is 34.9 Å². The summed E-state index contributed by atoms with van der Waals surface area (Å²) in [6.07, 6.45) is 1.38. The number of hydrogen-bond donors (Lipinski definition) is 1. The number of aromatic nitrogens is 3. The third-order valence-electron chi connectivity index (χ3n) is 2.99. The second-order valence-corrected chi connectivity index (χ2v) is 5.92. The van der Waals surface area contributed by atoms with E-state index in [1.807, 2.05) is 20.8 Å². The predicted octanol–water partition coefficient (Wildman–Crippen LogP) is 3.20. The van der Waals surface area contributed by atoms with E-state index in [1.165, 1.54) is 18.2 Å². The van der Waals surface area contributed by atoms with Crippen molar-refractivity contribution in [2.45, 2.75) is 44.4 Å². The standard InChI is InChI=1S/C14H17N3O3S/c1-7(2)12-16-8(3)11(14(18)19)13(17-12)21-5-10-9(4)20-6-15-10/h6-7H,5H2,1-4H3,(H,18,19). The Morgan fingerprint density at radius 1 is 1.38 bits per heavy atom. The summed E-state index contributed by atoms with van der Waals surface area (Å²) >= 11 is 1.34. The Morgan fingerprint density at radius 2 is 2.10 bits per heavy atom. The number of carboxylic acids is 1. The molecular formula is C14H17N3O3S. The molecule has 0 fully saturated rings. The van der Waals surface area contributed by atoms with Gasteiger partial charge in [0, 0.05) is 11.7 Å². The number of aryl methyl sites for hydroxylation is 2. The number of carbonyl (C=O) groups is 1. The first-order valence-electron chi connectivity index (χ1n) is 6.53. The second-order valence-electron chi connectivity index (χ2n) is 4.95. The van der Waals surface area contributed by atoms with Gasteiger partial charge in [-0.1, -0.05) is 25.6 Å². The van der Waals surface area contributed by atoms with Gasteiger partial charge in [-0.3, -0.25) is 0 Å². The molecule has 2 rings (SSSR count). The van der Waals surface area contributed by atoms with Crippen LogP contribution in [0.3, 0.4) is 0 Å². The van der Waals surface area contributed by atoms with Crippen molar-refractivity contribution in [3.8, 4) is 0 Å². The molecule has 0 unspecified atom stereocenters. The summed E-state index contributed by atoms with van der Waals surface area (Å²) in [6.45, 7) is 7.48. The van der Waals surface area contributed by atoms with Crippen LogP contribution in [0.4, 0.5) is 0 Å². The van der Waals surface area contributed by atoms with Crippen molar-refractivity contribution in [3.63, 3.8) is 0 Å². The van der Waals surface area contributed by atoms with Crippen LogP contribution in [0.2, 0.25) is 0 Å². The van der Waals surface area contributed by atoms with E-state index in [0.717, 1.165) is 11.5 Å². The molecule has 0 spiro atoms. The molecule has 21 heavy (non-hydrogen) atoms. The number of rotatable bonds is 5. The highest BCUT2D eigenvalue weighted by molar-refractivity contribution is 7.98. The molecule has 1 N–H and O–H groups in total. The van der Waals surface area contributed by atoms with Gasteiger partial charge in [0.1, 0.15) is 22.2 Å². The smallest absolute Gasteiger partial charge is 0.340 e. The Hall–Kier alpha value is -1.89. The molecule has 0 atom stereocenters. The highest BCUT2D eigenvalue weighted by Gasteiger charge is 2.20. The SMILES string of the molecule is Cc1nc(C(C)C)nc(SCc2ncoc2C)c1C(=O)O. The van der Waals surface area contributed by atoms with E-state index in [0.29, 0.717) is 22.3 Å². The Kier molecular flexibility index (Phi) is 4.62. The lowest BCUT2D eigenvalue weighted by molar-refractivity contribution is 0.0690. The molecule has 0 aliphatic heterocycles. The van der Waals surface area contributed by atoms with Gasteiger partial charge in [-0.25, -0.2) is 19.7 Å². The van der Waals surface area contributed by atoms with Gasteiger partial charge in [0.2, 0.25) is 0 Å². The summed E-state index contributed by atoms with van der Waals surface area (Å²) in [5.74, 6) is 1.02. The fraction of sp³-hybridized carbons (Fsp3) is 0.429. The number of aromatic carboxylic acids is 1. The minimum atomic E-state index is -1.01. The van der Waals surface area contributed by atoms with Crippen molar-refractivity contribution >= 4 is 17.7 Å². The minimum Gasteiger partial charge on any atom is -0.478 e. The van der Waals surface area contributed by atoms with Crippen LogP contribution in [-0.2, 0) is 5.75 Å². The Bertz CT molecular complexity index is 667. The summed E-state index contributed by atoms with van der Waals surface area (Å²) in [6, 6.07) is 0. The first-order chi connectivity index (χ1) is 9.90. The molecule has 2 aromatic heterocycles. The highest BCUT2D eigenvalue weighted by atomic mass is 32.2. The van der Waals surface area contributed by atoms with Crippen LogP contribution in [0.15, 0.2) is 15.8 Å². The van der Waals surface area contributed by atoms with Gasteiger partial charge in [-0.15, -0.1) is 0 Å². The largest absolute Gasteiger partial charge is 0.478 e. The zero-order valence-electron chi connectivity index (χ0n) is 12.4. The maximum atomic E-state index is 11.4. The first-order valence-corrected chi connectivity index (χ1v) is 7.52. The number of nitrogens with zero attached hydrogens (tertiary/aromatic N) is 3. The van der Waals surface area contributed by atoms with Crippen molar-refractivity contribution in [2.75, 3.05) is 0 Å².